The summed E-state index contributed by atoms with van der Waals surface area (Å²) >= 11 is 1.05. The summed E-state index contributed by atoms with van der Waals surface area (Å²) in [6.07, 6.45) is 0. The Labute approximate surface area is 145 Å². The number of aliphatic hydroxyl groups excluding tert-OH is 2. The fourth-order valence-electron chi connectivity index (χ4n) is 3.00. The standard InChI is InChI=1S/C14H23N3O5S2/c1-16(3-4-18)6-10-7-17(8-11(10)9-19)14(20)13-12(2-5-23-13)24(15,21)22/h2,5,10-11,18-19H,3-4,6-9H2,1H3,(H2,15,21,22)/t10-,11-/m1/s1. The van der Waals surface area contributed by atoms with Crippen molar-refractivity contribution >= 4 is 27.3 Å². The second-order valence-corrected chi connectivity index (χ2v) is 8.50. The second-order valence-electron chi connectivity index (χ2n) is 6.06. The van der Waals surface area contributed by atoms with Crippen LogP contribution in [0.1, 0.15) is 9.67 Å². The molecule has 0 bridgehead atoms. The van der Waals surface area contributed by atoms with Crippen LogP contribution in [0.25, 0.3) is 0 Å². The van der Waals surface area contributed by atoms with Crippen LogP contribution in [0.3, 0.4) is 0 Å². The molecule has 1 aliphatic rings. The Kier molecular flexibility index (Phi) is 6.34. The summed E-state index contributed by atoms with van der Waals surface area (Å²) < 4.78 is 23.2. The van der Waals surface area contributed by atoms with Gasteiger partial charge in [-0.1, -0.05) is 0 Å². The monoisotopic (exact) mass is 377 g/mol. The van der Waals surface area contributed by atoms with E-state index in [1.54, 1.807) is 4.90 Å². The van der Waals surface area contributed by atoms with Crippen molar-refractivity contribution in [1.82, 2.24) is 9.80 Å². The van der Waals surface area contributed by atoms with Gasteiger partial charge in [0, 0.05) is 38.7 Å². The van der Waals surface area contributed by atoms with E-state index < -0.39 is 10.0 Å². The first kappa shape index (κ1) is 19.3. The van der Waals surface area contributed by atoms with E-state index >= 15 is 0 Å². The molecule has 2 atom stereocenters. The summed E-state index contributed by atoms with van der Waals surface area (Å²) in [4.78, 5) is 16.1. The quantitative estimate of drug-likeness (QED) is 0.560. The maximum Gasteiger partial charge on any atom is 0.265 e. The highest BCUT2D eigenvalue weighted by Gasteiger charge is 2.37. The average molecular weight is 377 g/mol. The molecule has 8 nitrogen and oxygen atoms in total. The molecule has 1 amide bonds. The predicted molar refractivity (Wildman–Crippen MR) is 90.2 cm³/mol. The SMILES string of the molecule is CN(CCO)C[C@@H]1CN(C(=O)c2sccc2S(N)(=O)=O)C[C@@H]1CO. The van der Waals surface area contributed by atoms with Crippen molar-refractivity contribution in [2.75, 3.05) is 46.4 Å². The van der Waals surface area contributed by atoms with Crippen LogP contribution in [0.2, 0.25) is 0 Å². The number of likely N-dealkylation sites (N-methyl/N-ethyl adjacent to an activating group) is 1. The minimum absolute atomic E-state index is 0.0442. The number of hydrogen-bond acceptors (Lipinski definition) is 7. The highest BCUT2D eigenvalue weighted by Crippen LogP contribution is 2.29. The van der Waals surface area contributed by atoms with Gasteiger partial charge in [-0.15, -0.1) is 11.3 Å². The molecule has 0 aromatic carbocycles. The number of thiophene rings is 1. The molecule has 24 heavy (non-hydrogen) atoms. The van der Waals surface area contributed by atoms with Crippen molar-refractivity contribution in [3.63, 3.8) is 0 Å². The molecule has 2 rings (SSSR count). The molecule has 10 heteroatoms. The number of nitrogens with two attached hydrogens (primary N) is 1. The van der Waals surface area contributed by atoms with Crippen molar-refractivity contribution in [3.8, 4) is 0 Å². The van der Waals surface area contributed by atoms with Crippen LogP contribution in [-0.2, 0) is 10.0 Å². The number of likely N-dealkylation sites (tertiary alicyclic amines) is 1. The van der Waals surface area contributed by atoms with Gasteiger partial charge in [-0.2, -0.15) is 0 Å². The van der Waals surface area contributed by atoms with E-state index in [1.165, 1.54) is 11.4 Å². The Morgan fingerprint density at radius 3 is 2.67 bits per heavy atom. The van der Waals surface area contributed by atoms with Gasteiger partial charge in [-0.3, -0.25) is 4.79 Å². The van der Waals surface area contributed by atoms with Crippen LogP contribution in [0.15, 0.2) is 16.3 Å². The number of rotatable bonds is 7. The first-order chi connectivity index (χ1) is 11.3. The summed E-state index contributed by atoms with van der Waals surface area (Å²) in [7, 11) is -2.08. The van der Waals surface area contributed by atoms with Gasteiger partial charge in [0.25, 0.3) is 5.91 Å². The van der Waals surface area contributed by atoms with Gasteiger partial charge in [-0.25, -0.2) is 13.6 Å². The number of carbonyl (C=O) groups excluding carboxylic acids is 1. The minimum Gasteiger partial charge on any atom is -0.396 e. The lowest BCUT2D eigenvalue weighted by Crippen LogP contribution is -2.33. The van der Waals surface area contributed by atoms with Gasteiger partial charge in [0.05, 0.1) is 6.61 Å². The normalized spacial score (nSPS) is 21.6. The lowest BCUT2D eigenvalue weighted by atomic mass is 9.96. The van der Waals surface area contributed by atoms with E-state index in [4.69, 9.17) is 10.2 Å². The Bertz CT molecular complexity index is 676. The number of primary sulfonamides is 1. The third-order valence-electron chi connectivity index (χ3n) is 4.26. The molecule has 2 heterocycles. The fourth-order valence-corrected chi connectivity index (χ4v) is 4.94. The van der Waals surface area contributed by atoms with Crippen molar-refractivity contribution < 1.29 is 23.4 Å². The van der Waals surface area contributed by atoms with Gasteiger partial charge < -0.3 is 20.0 Å². The highest BCUT2D eigenvalue weighted by atomic mass is 32.2. The van der Waals surface area contributed by atoms with Gasteiger partial charge in [0.2, 0.25) is 10.0 Å². The second kappa shape index (κ2) is 7.89. The Balaban J connectivity index is 2.13. The first-order valence-electron chi connectivity index (χ1n) is 7.57. The minimum atomic E-state index is -3.95. The molecule has 1 saturated heterocycles. The van der Waals surface area contributed by atoms with Crippen LogP contribution in [0.5, 0.6) is 0 Å². The van der Waals surface area contributed by atoms with Crippen LogP contribution < -0.4 is 5.14 Å². The number of amides is 1. The van der Waals surface area contributed by atoms with E-state index in [2.05, 4.69) is 0 Å². The molecule has 1 aromatic heterocycles. The molecule has 0 aliphatic carbocycles. The fraction of sp³-hybridized carbons (Fsp3) is 0.643. The predicted octanol–water partition coefficient (Wildman–Crippen LogP) is -1.000. The van der Waals surface area contributed by atoms with E-state index in [0.717, 1.165) is 11.3 Å². The first-order valence-corrected chi connectivity index (χ1v) is 10.00. The van der Waals surface area contributed by atoms with Crippen LogP contribution >= 0.6 is 11.3 Å². The summed E-state index contributed by atoms with van der Waals surface area (Å²) in [5.74, 6) is -0.388. The summed E-state index contributed by atoms with van der Waals surface area (Å²) in [5.41, 5.74) is 0. The molecule has 0 spiro atoms. The molecule has 4 N–H and O–H groups in total. The third-order valence-corrected chi connectivity index (χ3v) is 6.24. The number of nitrogens with zero attached hydrogens (tertiary/aromatic N) is 2. The van der Waals surface area contributed by atoms with E-state index in [1.807, 2.05) is 11.9 Å². The van der Waals surface area contributed by atoms with Crippen molar-refractivity contribution in [3.05, 3.63) is 16.3 Å². The molecule has 1 fully saturated rings. The summed E-state index contributed by atoms with van der Waals surface area (Å²) in [5, 5.41) is 25.2. The maximum absolute atomic E-state index is 12.7. The Morgan fingerprint density at radius 2 is 2.08 bits per heavy atom. The number of hydrogen-bond donors (Lipinski definition) is 3. The zero-order chi connectivity index (χ0) is 17.9. The van der Waals surface area contributed by atoms with Crippen molar-refractivity contribution in [1.29, 1.82) is 0 Å². The van der Waals surface area contributed by atoms with Crippen molar-refractivity contribution in [2.24, 2.45) is 17.0 Å². The lowest BCUT2D eigenvalue weighted by molar-refractivity contribution is 0.0780. The van der Waals surface area contributed by atoms with Gasteiger partial charge in [0.15, 0.2) is 0 Å². The smallest absolute Gasteiger partial charge is 0.265 e. The number of carbonyl (C=O) groups is 1. The largest absolute Gasteiger partial charge is 0.396 e. The van der Waals surface area contributed by atoms with Gasteiger partial charge in [0.1, 0.15) is 9.77 Å². The van der Waals surface area contributed by atoms with Crippen LogP contribution in [0.4, 0.5) is 0 Å². The van der Waals surface area contributed by atoms with Crippen molar-refractivity contribution in [2.45, 2.75) is 4.90 Å². The zero-order valence-electron chi connectivity index (χ0n) is 13.5. The zero-order valence-corrected chi connectivity index (χ0v) is 15.1. The van der Waals surface area contributed by atoms with E-state index in [0.29, 0.717) is 26.2 Å². The van der Waals surface area contributed by atoms with E-state index in [9.17, 15) is 18.3 Å². The topological polar surface area (TPSA) is 124 Å². The molecular formula is C14H23N3O5S2. The third kappa shape index (κ3) is 4.32. The molecular weight excluding hydrogens is 354 g/mol. The molecule has 0 radical (unpaired) electrons. The average Bonchev–Trinajstić information content (AvgIpc) is 3.12. The van der Waals surface area contributed by atoms with Gasteiger partial charge in [-0.05, 0) is 24.4 Å². The molecule has 1 aliphatic heterocycles. The Hall–Kier alpha value is -1.04. The molecule has 0 unspecified atom stereocenters. The lowest BCUT2D eigenvalue weighted by Gasteiger charge is -2.23. The van der Waals surface area contributed by atoms with Crippen LogP contribution in [0, 0.1) is 11.8 Å². The number of aliphatic hydroxyl groups is 2. The van der Waals surface area contributed by atoms with Crippen LogP contribution in [-0.4, -0.2) is 80.8 Å². The van der Waals surface area contributed by atoms with E-state index in [-0.39, 0.29) is 40.7 Å². The molecule has 0 saturated carbocycles. The summed E-state index contributed by atoms with van der Waals surface area (Å²) in [6.45, 7) is 1.96. The summed E-state index contributed by atoms with van der Waals surface area (Å²) in [6, 6.07) is 1.33. The van der Waals surface area contributed by atoms with Gasteiger partial charge >= 0.3 is 0 Å². The highest BCUT2D eigenvalue weighted by molar-refractivity contribution is 7.89. The molecule has 136 valence electrons. The number of sulfonamides is 1. The Morgan fingerprint density at radius 1 is 1.42 bits per heavy atom. The maximum atomic E-state index is 12.7. The molecule has 1 aromatic rings.